The summed E-state index contributed by atoms with van der Waals surface area (Å²) in [6.45, 7) is 3.25. The number of halogens is 1. The fourth-order valence-electron chi connectivity index (χ4n) is 4.65. The lowest BCUT2D eigenvalue weighted by Gasteiger charge is -2.29. The summed E-state index contributed by atoms with van der Waals surface area (Å²) in [7, 11) is 4.00. The van der Waals surface area contributed by atoms with Gasteiger partial charge in [-0.05, 0) is 95.2 Å². The van der Waals surface area contributed by atoms with Crippen LogP contribution in [0.5, 0.6) is 11.5 Å². The molecule has 0 bridgehead atoms. The van der Waals surface area contributed by atoms with Crippen LogP contribution in [0.3, 0.4) is 0 Å². The molecule has 1 saturated heterocycles. The van der Waals surface area contributed by atoms with E-state index in [1.54, 1.807) is 24.3 Å². The minimum absolute atomic E-state index is 0.137. The van der Waals surface area contributed by atoms with E-state index in [2.05, 4.69) is 25.3 Å². The number of nitrogen functional groups attached to an aromatic ring is 1. The Kier molecular flexibility index (Phi) is 9.14. The average Bonchev–Trinajstić information content (AvgIpc) is 2.87. The van der Waals surface area contributed by atoms with Gasteiger partial charge < -0.3 is 25.8 Å². The van der Waals surface area contributed by atoms with Crippen LogP contribution < -0.4 is 20.7 Å². The fourth-order valence-corrected chi connectivity index (χ4v) is 4.65. The number of aryl methyl sites for hydroxylation is 1. The van der Waals surface area contributed by atoms with E-state index < -0.39 is 0 Å². The number of aromatic nitrogens is 2. The number of piperidine rings is 1. The second-order valence-electron chi connectivity index (χ2n) is 9.82. The smallest absolute Gasteiger partial charge is 0.169 e. The number of phenols is 1. The summed E-state index contributed by atoms with van der Waals surface area (Å²) in [5.74, 6) is 0.836. The lowest BCUT2D eigenvalue weighted by molar-refractivity contribution is 0.162. The van der Waals surface area contributed by atoms with E-state index in [1.165, 1.54) is 6.07 Å². The monoisotopic (exact) mass is 508 g/mol. The Morgan fingerprint density at radius 2 is 1.86 bits per heavy atom. The van der Waals surface area contributed by atoms with E-state index in [0.717, 1.165) is 63.0 Å². The second-order valence-corrected chi connectivity index (χ2v) is 9.82. The van der Waals surface area contributed by atoms with E-state index in [0.29, 0.717) is 29.5 Å². The minimum Gasteiger partial charge on any atom is -0.507 e. The molecule has 8 nitrogen and oxygen atoms in total. The van der Waals surface area contributed by atoms with Gasteiger partial charge in [0.2, 0.25) is 0 Å². The van der Waals surface area contributed by atoms with Crippen molar-refractivity contribution in [2.24, 2.45) is 0 Å². The van der Waals surface area contributed by atoms with Gasteiger partial charge in [0.25, 0.3) is 0 Å². The third-order valence-corrected chi connectivity index (χ3v) is 6.44. The zero-order valence-corrected chi connectivity index (χ0v) is 21.7. The topological polar surface area (TPSA) is 99.8 Å². The molecule has 0 radical (unpaired) electrons. The van der Waals surface area contributed by atoms with Gasteiger partial charge in [-0.3, -0.25) is 4.90 Å². The van der Waals surface area contributed by atoms with E-state index in [9.17, 15) is 9.50 Å². The van der Waals surface area contributed by atoms with Crippen LogP contribution in [0.25, 0.3) is 11.3 Å². The van der Waals surface area contributed by atoms with Crippen molar-refractivity contribution in [3.05, 3.63) is 59.9 Å². The summed E-state index contributed by atoms with van der Waals surface area (Å²) in [6, 6.07) is 14.0. The van der Waals surface area contributed by atoms with Crippen LogP contribution in [-0.2, 0) is 6.42 Å². The Morgan fingerprint density at radius 1 is 1.08 bits per heavy atom. The van der Waals surface area contributed by atoms with Gasteiger partial charge in [-0.2, -0.15) is 0 Å². The number of anilines is 2. The summed E-state index contributed by atoms with van der Waals surface area (Å²) in [6.07, 6.45) is 4.52. The fraction of sp³-hybridized carbons (Fsp3) is 0.429. The zero-order valence-electron chi connectivity index (χ0n) is 21.7. The SMILES string of the molecule is CN(C)CN(CCCCc1cc(F)cc(OC2CCNCC2)c1)c1cc(-c2ccccc2O)nnc1N. The van der Waals surface area contributed by atoms with Crippen LogP contribution in [-0.4, -0.2) is 66.7 Å². The van der Waals surface area contributed by atoms with Crippen molar-refractivity contribution in [3.8, 4) is 22.8 Å². The van der Waals surface area contributed by atoms with Crippen molar-refractivity contribution in [2.75, 3.05) is 51.0 Å². The molecule has 3 aromatic rings. The van der Waals surface area contributed by atoms with Gasteiger partial charge in [0.1, 0.15) is 23.4 Å². The molecule has 37 heavy (non-hydrogen) atoms. The highest BCUT2D eigenvalue weighted by Crippen LogP contribution is 2.31. The van der Waals surface area contributed by atoms with Gasteiger partial charge in [-0.15, -0.1) is 10.2 Å². The number of hydrogen-bond acceptors (Lipinski definition) is 8. The Balaban J connectivity index is 1.40. The lowest BCUT2D eigenvalue weighted by atomic mass is 10.1. The molecule has 1 aromatic heterocycles. The highest BCUT2D eigenvalue weighted by molar-refractivity contribution is 5.73. The predicted molar refractivity (Wildman–Crippen MR) is 145 cm³/mol. The molecule has 2 heterocycles. The number of nitrogens with zero attached hydrogens (tertiary/aromatic N) is 4. The van der Waals surface area contributed by atoms with Crippen LogP contribution in [0.2, 0.25) is 0 Å². The molecular formula is C28H37FN6O2. The second kappa shape index (κ2) is 12.7. The third-order valence-electron chi connectivity index (χ3n) is 6.44. The number of phenolic OH excluding ortho intramolecular Hbond substituents is 1. The average molecular weight is 509 g/mol. The van der Waals surface area contributed by atoms with Crippen LogP contribution in [0, 0.1) is 5.82 Å². The molecular weight excluding hydrogens is 471 g/mol. The van der Waals surface area contributed by atoms with Gasteiger partial charge in [0.15, 0.2) is 5.82 Å². The summed E-state index contributed by atoms with van der Waals surface area (Å²) >= 11 is 0. The van der Waals surface area contributed by atoms with Crippen molar-refractivity contribution >= 4 is 11.5 Å². The van der Waals surface area contributed by atoms with E-state index >= 15 is 0 Å². The Morgan fingerprint density at radius 3 is 2.62 bits per heavy atom. The molecule has 9 heteroatoms. The van der Waals surface area contributed by atoms with E-state index in [-0.39, 0.29) is 17.7 Å². The number of rotatable bonds is 11. The minimum atomic E-state index is -0.261. The number of hydrogen-bond donors (Lipinski definition) is 3. The molecule has 4 N–H and O–H groups in total. The van der Waals surface area contributed by atoms with Crippen molar-refractivity contribution in [1.29, 1.82) is 0 Å². The quantitative estimate of drug-likeness (QED) is 0.264. The van der Waals surface area contributed by atoms with Gasteiger partial charge in [-0.25, -0.2) is 4.39 Å². The molecule has 0 spiro atoms. The van der Waals surface area contributed by atoms with Crippen molar-refractivity contribution in [2.45, 2.75) is 38.2 Å². The van der Waals surface area contributed by atoms with Crippen LogP contribution in [0.4, 0.5) is 15.9 Å². The maximum atomic E-state index is 14.3. The first-order valence-electron chi connectivity index (χ1n) is 12.9. The van der Waals surface area contributed by atoms with Crippen molar-refractivity contribution in [3.63, 3.8) is 0 Å². The standard InChI is InChI=1S/C28H37FN6O2/c1-34(2)19-35(26-18-25(32-33-28(26)30)24-8-3-4-9-27(24)36)14-6-5-7-20-15-21(29)17-23(16-20)37-22-10-12-31-13-11-22/h3-4,8-9,15-18,22,31,36H,5-7,10-14,19H2,1-2H3,(H2,30,33). The maximum absolute atomic E-state index is 14.3. The normalized spacial score (nSPS) is 14.2. The van der Waals surface area contributed by atoms with Gasteiger partial charge >= 0.3 is 0 Å². The van der Waals surface area contributed by atoms with Crippen LogP contribution >= 0.6 is 0 Å². The molecule has 1 aliphatic heterocycles. The van der Waals surface area contributed by atoms with Crippen LogP contribution in [0.15, 0.2) is 48.5 Å². The lowest BCUT2D eigenvalue weighted by Crippen LogP contribution is -2.35. The molecule has 1 fully saturated rings. The molecule has 0 saturated carbocycles. The number of nitrogens with two attached hydrogens (primary N) is 1. The Labute approximate surface area is 218 Å². The predicted octanol–water partition coefficient (Wildman–Crippen LogP) is 4.05. The van der Waals surface area contributed by atoms with Gasteiger partial charge in [-0.1, -0.05) is 12.1 Å². The number of para-hydroxylation sites is 1. The first-order valence-corrected chi connectivity index (χ1v) is 12.9. The Hall–Kier alpha value is -3.43. The largest absolute Gasteiger partial charge is 0.507 e. The number of nitrogens with one attached hydrogen (secondary N) is 1. The molecule has 198 valence electrons. The van der Waals surface area contributed by atoms with E-state index in [1.807, 2.05) is 32.3 Å². The first kappa shape index (κ1) is 26.6. The number of ether oxygens (including phenoxy) is 1. The highest BCUT2D eigenvalue weighted by atomic mass is 19.1. The molecule has 2 aromatic carbocycles. The summed E-state index contributed by atoms with van der Waals surface area (Å²) in [5.41, 5.74) is 9.11. The maximum Gasteiger partial charge on any atom is 0.169 e. The number of unbranched alkanes of at least 4 members (excludes halogenated alkanes) is 1. The Bertz CT molecular complexity index is 1170. The third kappa shape index (κ3) is 7.53. The molecule has 4 rings (SSSR count). The van der Waals surface area contributed by atoms with E-state index in [4.69, 9.17) is 10.5 Å². The van der Waals surface area contributed by atoms with Gasteiger partial charge in [0, 0.05) is 18.2 Å². The summed E-state index contributed by atoms with van der Waals surface area (Å²) in [5, 5.41) is 21.9. The summed E-state index contributed by atoms with van der Waals surface area (Å²) < 4.78 is 20.3. The molecule has 0 atom stereocenters. The van der Waals surface area contributed by atoms with Crippen LogP contribution in [0.1, 0.15) is 31.2 Å². The number of benzene rings is 2. The zero-order chi connectivity index (χ0) is 26.2. The molecule has 0 unspecified atom stereocenters. The highest BCUT2D eigenvalue weighted by Gasteiger charge is 2.17. The number of aromatic hydroxyl groups is 1. The van der Waals surface area contributed by atoms with Crippen molar-refractivity contribution in [1.82, 2.24) is 20.4 Å². The first-order chi connectivity index (χ1) is 17.9. The molecule has 0 amide bonds. The van der Waals surface area contributed by atoms with Gasteiger partial charge in [0.05, 0.1) is 18.1 Å². The molecule has 0 aliphatic carbocycles. The molecule has 1 aliphatic rings. The van der Waals surface area contributed by atoms with Crippen molar-refractivity contribution < 1.29 is 14.2 Å². The summed E-state index contributed by atoms with van der Waals surface area (Å²) in [4.78, 5) is 4.22.